The molecule has 0 heterocycles. The summed E-state index contributed by atoms with van der Waals surface area (Å²) in [6.45, 7) is 6.94. The van der Waals surface area contributed by atoms with Crippen LogP contribution < -0.4 is 0 Å². The van der Waals surface area contributed by atoms with E-state index in [1.807, 2.05) is 0 Å². The molecular weight excluding hydrogens is 140 g/mol. The zero-order valence-electron chi connectivity index (χ0n) is 6.74. The Bertz CT molecular complexity index is 121. The molecule has 0 rings (SSSR count). The summed E-state index contributed by atoms with van der Waals surface area (Å²) in [6, 6.07) is 0. The lowest BCUT2D eigenvalue weighted by Gasteiger charge is -2.08. The van der Waals surface area contributed by atoms with Gasteiger partial charge in [-0.3, -0.25) is 0 Å². The smallest absolute Gasteiger partial charge is 0.0719 e. The molecule has 0 aromatic heterocycles. The van der Waals surface area contributed by atoms with E-state index in [0.717, 1.165) is 0 Å². The Balaban J connectivity index is 3.36. The standard InChI is InChI=1S/C9H16O2/c1-3-5-9(11)7-6-8(10)4-2/h3-4,8-11H,1-2,5-7H2. The van der Waals surface area contributed by atoms with Crippen molar-refractivity contribution < 1.29 is 10.2 Å². The molecule has 0 radical (unpaired) electrons. The van der Waals surface area contributed by atoms with Gasteiger partial charge in [-0.25, -0.2) is 0 Å². The molecule has 0 saturated carbocycles. The normalized spacial score (nSPS) is 15.5. The maximum Gasteiger partial charge on any atom is 0.0719 e. The van der Waals surface area contributed by atoms with Crippen LogP contribution in [0.4, 0.5) is 0 Å². The monoisotopic (exact) mass is 156 g/mol. The second kappa shape index (κ2) is 6.13. The molecular formula is C9H16O2. The molecule has 0 amide bonds. The summed E-state index contributed by atoms with van der Waals surface area (Å²) in [7, 11) is 0. The van der Waals surface area contributed by atoms with Gasteiger partial charge in [-0.15, -0.1) is 13.2 Å². The Kier molecular flexibility index (Phi) is 5.80. The van der Waals surface area contributed by atoms with Crippen molar-refractivity contribution >= 4 is 0 Å². The maximum atomic E-state index is 9.18. The zero-order chi connectivity index (χ0) is 8.69. The van der Waals surface area contributed by atoms with E-state index < -0.39 is 6.10 Å². The van der Waals surface area contributed by atoms with Gasteiger partial charge in [0.05, 0.1) is 12.2 Å². The Morgan fingerprint density at radius 3 is 2.27 bits per heavy atom. The number of aliphatic hydroxyl groups excluding tert-OH is 2. The van der Waals surface area contributed by atoms with Crippen molar-refractivity contribution in [2.75, 3.05) is 0 Å². The van der Waals surface area contributed by atoms with Crippen LogP contribution in [0.2, 0.25) is 0 Å². The third kappa shape index (κ3) is 5.83. The van der Waals surface area contributed by atoms with Crippen LogP contribution in [0, 0.1) is 0 Å². The van der Waals surface area contributed by atoms with Crippen LogP contribution in [0.3, 0.4) is 0 Å². The molecule has 11 heavy (non-hydrogen) atoms. The summed E-state index contributed by atoms with van der Waals surface area (Å²) < 4.78 is 0. The number of rotatable bonds is 6. The largest absolute Gasteiger partial charge is 0.393 e. The molecule has 0 fully saturated rings. The van der Waals surface area contributed by atoms with Gasteiger partial charge < -0.3 is 10.2 Å². The molecule has 2 unspecified atom stereocenters. The summed E-state index contributed by atoms with van der Waals surface area (Å²) in [4.78, 5) is 0. The van der Waals surface area contributed by atoms with Crippen molar-refractivity contribution in [2.24, 2.45) is 0 Å². The van der Waals surface area contributed by atoms with Gasteiger partial charge in [0.1, 0.15) is 0 Å². The summed E-state index contributed by atoms with van der Waals surface area (Å²) in [5, 5.41) is 18.2. The van der Waals surface area contributed by atoms with Gasteiger partial charge >= 0.3 is 0 Å². The fourth-order valence-electron chi connectivity index (χ4n) is 0.791. The van der Waals surface area contributed by atoms with Crippen LogP contribution in [-0.2, 0) is 0 Å². The highest BCUT2D eigenvalue weighted by Crippen LogP contribution is 2.05. The lowest BCUT2D eigenvalue weighted by Crippen LogP contribution is -2.10. The highest BCUT2D eigenvalue weighted by atomic mass is 16.3. The van der Waals surface area contributed by atoms with Gasteiger partial charge in [-0.05, 0) is 19.3 Å². The first kappa shape index (κ1) is 10.4. The molecule has 0 aliphatic heterocycles. The average molecular weight is 156 g/mol. The molecule has 0 aromatic rings. The molecule has 0 aliphatic rings. The fraction of sp³-hybridized carbons (Fsp3) is 0.556. The zero-order valence-corrected chi connectivity index (χ0v) is 6.74. The van der Waals surface area contributed by atoms with E-state index in [9.17, 15) is 5.11 Å². The highest BCUT2D eigenvalue weighted by molar-refractivity contribution is 4.80. The van der Waals surface area contributed by atoms with Crippen molar-refractivity contribution in [1.82, 2.24) is 0 Å². The van der Waals surface area contributed by atoms with Gasteiger partial charge in [0.2, 0.25) is 0 Å². The van der Waals surface area contributed by atoms with E-state index in [2.05, 4.69) is 13.2 Å². The Morgan fingerprint density at radius 1 is 1.18 bits per heavy atom. The third-order valence-corrected chi connectivity index (χ3v) is 1.51. The van der Waals surface area contributed by atoms with E-state index in [-0.39, 0.29) is 6.10 Å². The third-order valence-electron chi connectivity index (χ3n) is 1.51. The summed E-state index contributed by atoms with van der Waals surface area (Å²) >= 11 is 0. The van der Waals surface area contributed by atoms with Crippen molar-refractivity contribution in [2.45, 2.75) is 31.5 Å². The van der Waals surface area contributed by atoms with Gasteiger partial charge in [0.25, 0.3) is 0 Å². The first-order chi connectivity index (χ1) is 5.20. The minimum atomic E-state index is -0.491. The van der Waals surface area contributed by atoms with Crippen molar-refractivity contribution in [3.8, 4) is 0 Å². The lowest BCUT2D eigenvalue weighted by atomic mass is 10.1. The second-order valence-corrected chi connectivity index (χ2v) is 2.56. The van der Waals surface area contributed by atoms with Gasteiger partial charge in [0, 0.05) is 0 Å². The van der Waals surface area contributed by atoms with Crippen LogP contribution in [0.1, 0.15) is 19.3 Å². The molecule has 2 heteroatoms. The predicted molar refractivity (Wildman–Crippen MR) is 46.3 cm³/mol. The molecule has 64 valence electrons. The Labute approximate surface area is 67.9 Å². The van der Waals surface area contributed by atoms with E-state index >= 15 is 0 Å². The fourth-order valence-corrected chi connectivity index (χ4v) is 0.791. The molecule has 0 saturated heterocycles. The topological polar surface area (TPSA) is 40.5 Å². The van der Waals surface area contributed by atoms with Crippen molar-refractivity contribution in [3.05, 3.63) is 25.3 Å². The predicted octanol–water partition coefficient (Wildman–Crippen LogP) is 1.25. The van der Waals surface area contributed by atoms with Gasteiger partial charge in [-0.1, -0.05) is 12.2 Å². The lowest BCUT2D eigenvalue weighted by molar-refractivity contribution is 0.135. The number of aliphatic hydroxyl groups is 2. The summed E-state index contributed by atoms with van der Waals surface area (Å²) in [5.74, 6) is 0. The molecule has 2 N–H and O–H groups in total. The molecule has 2 nitrogen and oxygen atoms in total. The van der Waals surface area contributed by atoms with Gasteiger partial charge in [0.15, 0.2) is 0 Å². The summed E-state index contributed by atoms with van der Waals surface area (Å²) in [6.07, 6.45) is 4.03. The van der Waals surface area contributed by atoms with Crippen LogP contribution in [0.25, 0.3) is 0 Å². The van der Waals surface area contributed by atoms with Crippen molar-refractivity contribution in [1.29, 1.82) is 0 Å². The Morgan fingerprint density at radius 2 is 1.82 bits per heavy atom. The Hall–Kier alpha value is -0.600. The second-order valence-electron chi connectivity index (χ2n) is 2.56. The maximum absolute atomic E-state index is 9.18. The molecule has 0 aromatic carbocycles. The van der Waals surface area contributed by atoms with Gasteiger partial charge in [-0.2, -0.15) is 0 Å². The SMILES string of the molecule is C=CCC(O)CCC(O)C=C. The molecule has 0 aliphatic carbocycles. The molecule has 2 atom stereocenters. The quantitative estimate of drug-likeness (QED) is 0.568. The van der Waals surface area contributed by atoms with Crippen LogP contribution >= 0.6 is 0 Å². The average Bonchev–Trinajstić information content (AvgIpc) is 2.01. The summed E-state index contributed by atoms with van der Waals surface area (Å²) in [5.41, 5.74) is 0. The van der Waals surface area contributed by atoms with E-state index in [4.69, 9.17) is 5.11 Å². The minimum absolute atomic E-state index is 0.373. The first-order valence-electron chi connectivity index (χ1n) is 3.80. The van der Waals surface area contributed by atoms with Crippen LogP contribution in [0.15, 0.2) is 25.3 Å². The molecule has 0 spiro atoms. The van der Waals surface area contributed by atoms with Crippen LogP contribution in [-0.4, -0.2) is 22.4 Å². The van der Waals surface area contributed by atoms with E-state index in [1.54, 1.807) is 6.08 Å². The van der Waals surface area contributed by atoms with E-state index in [0.29, 0.717) is 19.3 Å². The van der Waals surface area contributed by atoms with E-state index in [1.165, 1.54) is 6.08 Å². The van der Waals surface area contributed by atoms with Crippen molar-refractivity contribution in [3.63, 3.8) is 0 Å². The van der Waals surface area contributed by atoms with Crippen LogP contribution in [0.5, 0.6) is 0 Å². The number of hydrogen-bond acceptors (Lipinski definition) is 2. The highest BCUT2D eigenvalue weighted by Gasteiger charge is 2.04. The molecule has 0 bridgehead atoms. The number of hydrogen-bond donors (Lipinski definition) is 2. The minimum Gasteiger partial charge on any atom is -0.393 e. The first-order valence-corrected chi connectivity index (χ1v) is 3.80.